The van der Waals surface area contributed by atoms with Gasteiger partial charge in [-0.25, -0.2) is 8.42 Å². The molecule has 0 radical (unpaired) electrons. The molecule has 1 aromatic heterocycles. The van der Waals surface area contributed by atoms with E-state index in [4.69, 9.17) is 0 Å². The number of sulfonamides is 1. The maximum atomic E-state index is 12.1. The average Bonchev–Trinajstić information content (AvgIpc) is 2.80. The molecule has 0 fully saturated rings. The number of rotatable bonds is 3. The van der Waals surface area contributed by atoms with Gasteiger partial charge in [0.25, 0.3) is 10.0 Å². The standard InChI is InChI=1S/C12H16N4O2S/c1-12(2,3)9-4-6-10(7-5-9)19(17,18)15-11-8-13-16-14-11/h4-8H,1-3H3,(H2,13,14,15,16). The van der Waals surface area contributed by atoms with Gasteiger partial charge in [-0.1, -0.05) is 32.9 Å². The Morgan fingerprint density at radius 3 is 2.26 bits per heavy atom. The molecule has 0 spiro atoms. The van der Waals surface area contributed by atoms with Gasteiger partial charge < -0.3 is 0 Å². The molecule has 0 aliphatic heterocycles. The van der Waals surface area contributed by atoms with E-state index < -0.39 is 10.0 Å². The molecule has 0 amide bonds. The van der Waals surface area contributed by atoms with E-state index in [0.29, 0.717) is 0 Å². The first-order valence-corrected chi connectivity index (χ1v) is 7.26. The number of H-pyrrole nitrogens is 1. The van der Waals surface area contributed by atoms with Gasteiger partial charge in [-0.05, 0) is 23.1 Å². The number of anilines is 1. The molecule has 1 aromatic carbocycles. The Balaban J connectivity index is 2.27. The molecule has 2 aromatic rings. The van der Waals surface area contributed by atoms with Crippen LogP contribution in [0.5, 0.6) is 0 Å². The zero-order valence-electron chi connectivity index (χ0n) is 11.0. The molecule has 0 aliphatic carbocycles. The van der Waals surface area contributed by atoms with E-state index in [0.717, 1.165) is 5.56 Å². The summed E-state index contributed by atoms with van der Waals surface area (Å²) in [4.78, 5) is 0.198. The molecule has 2 N–H and O–H groups in total. The Morgan fingerprint density at radius 2 is 1.79 bits per heavy atom. The van der Waals surface area contributed by atoms with Crippen molar-refractivity contribution in [3.8, 4) is 0 Å². The van der Waals surface area contributed by atoms with E-state index in [1.54, 1.807) is 12.1 Å². The highest BCUT2D eigenvalue weighted by atomic mass is 32.2. The highest BCUT2D eigenvalue weighted by molar-refractivity contribution is 7.92. The highest BCUT2D eigenvalue weighted by Gasteiger charge is 2.18. The van der Waals surface area contributed by atoms with Crippen molar-refractivity contribution in [1.82, 2.24) is 15.4 Å². The molecule has 0 bridgehead atoms. The second-order valence-corrected chi connectivity index (χ2v) is 6.92. The zero-order chi connectivity index (χ0) is 14.1. The first-order chi connectivity index (χ1) is 8.79. The molecule has 0 unspecified atom stereocenters. The summed E-state index contributed by atoms with van der Waals surface area (Å²) in [5.74, 6) is 0.167. The molecule has 0 aliphatic rings. The third-order valence-corrected chi connectivity index (χ3v) is 4.06. The van der Waals surface area contributed by atoms with Gasteiger partial charge in [0.2, 0.25) is 0 Å². The van der Waals surface area contributed by atoms with Crippen molar-refractivity contribution in [3.63, 3.8) is 0 Å². The maximum absolute atomic E-state index is 12.1. The van der Waals surface area contributed by atoms with Gasteiger partial charge in [0.05, 0.1) is 11.1 Å². The Kier molecular flexibility index (Phi) is 3.32. The molecular formula is C12H16N4O2S. The lowest BCUT2D eigenvalue weighted by Crippen LogP contribution is -2.15. The number of nitrogens with one attached hydrogen (secondary N) is 2. The monoisotopic (exact) mass is 280 g/mol. The van der Waals surface area contributed by atoms with Crippen LogP contribution in [0.4, 0.5) is 5.82 Å². The molecule has 102 valence electrons. The van der Waals surface area contributed by atoms with Crippen LogP contribution in [0.2, 0.25) is 0 Å². The van der Waals surface area contributed by atoms with Crippen LogP contribution in [0.1, 0.15) is 26.3 Å². The SMILES string of the molecule is CC(C)(C)c1ccc(S(=O)(=O)Nc2cn[nH]n2)cc1. The molecule has 2 rings (SSSR count). The molecule has 0 saturated carbocycles. The van der Waals surface area contributed by atoms with Crippen molar-refractivity contribution >= 4 is 15.8 Å². The minimum absolute atomic E-state index is 0.0121. The van der Waals surface area contributed by atoms with Gasteiger partial charge >= 0.3 is 0 Å². The van der Waals surface area contributed by atoms with E-state index >= 15 is 0 Å². The summed E-state index contributed by atoms with van der Waals surface area (Å²) < 4.78 is 26.5. The molecule has 1 heterocycles. The summed E-state index contributed by atoms with van der Waals surface area (Å²) in [5.41, 5.74) is 1.06. The van der Waals surface area contributed by atoms with Crippen LogP contribution >= 0.6 is 0 Å². The van der Waals surface area contributed by atoms with Crippen LogP contribution < -0.4 is 4.72 Å². The lowest BCUT2D eigenvalue weighted by atomic mass is 9.87. The molecule has 7 heteroatoms. The predicted molar refractivity (Wildman–Crippen MR) is 72.3 cm³/mol. The van der Waals surface area contributed by atoms with Crippen molar-refractivity contribution in [2.24, 2.45) is 0 Å². The molecule has 6 nitrogen and oxygen atoms in total. The van der Waals surface area contributed by atoms with E-state index in [9.17, 15) is 8.42 Å². The van der Waals surface area contributed by atoms with Crippen molar-refractivity contribution in [1.29, 1.82) is 0 Å². The Morgan fingerprint density at radius 1 is 1.16 bits per heavy atom. The molecule has 0 saturated heterocycles. The number of benzene rings is 1. The van der Waals surface area contributed by atoms with Gasteiger partial charge in [-0.3, -0.25) is 4.72 Å². The van der Waals surface area contributed by atoms with Crippen LogP contribution in [0.15, 0.2) is 35.4 Å². The number of hydrogen-bond acceptors (Lipinski definition) is 4. The van der Waals surface area contributed by atoms with Crippen molar-refractivity contribution < 1.29 is 8.42 Å². The summed E-state index contributed by atoms with van der Waals surface area (Å²) >= 11 is 0. The van der Waals surface area contributed by atoms with Gasteiger partial charge in [-0.2, -0.15) is 10.3 Å². The van der Waals surface area contributed by atoms with Crippen molar-refractivity contribution in [3.05, 3.63) is 36.0 Å². The van der Waals surface area contributed by atoms with E-state index in [1.807, 2.05) is 12.1 Å². The third kappa shape index (κ3) is 3.11. The van der Waals surface area contributed by atoms with E-state index in [-0.39, 0.29) is 16.1 Å². The Labute approximate surface area is 112 Å². The fourth-order valence-corrected chi connectivity index (χ4v) is 2.57. The summed E-state index contributed by atoms with van der Waals surface area (Å²) in [6.07, 6.45) is 1.31. The summed E-state index contributed by atoms with van der Waals surface area (Å²) in [5, 5.41) is 9.55. The van der Waals surface area contributed by atoms with Gasteiger partial charge in [0.1, 0.15) is 0 Å². The fraction of sp³-hybridized carbons (Fsp3) is 0.333. The zero-order valence-corrected chi connectivity index (χ0v) is 11.8. The summed E-state index contributed by atoms with van der Waals surface area (Å²) in [6, 6.07) is 6.81. The Hall–Kier alpha value is -1.89. The van der Waals surface area contributed by atoms with Crippen LogP contribution in [0.3, 0.4) is 0 Å². The number of aromatic nitrogens is 3. The first kappa shape index (κ1) is 13.5. The van der Waals surface area contributed by atoms with Gasteiger partial charge in [0, 0.05) is 0 Å². The van der Waals surface area contributed by atoms with Crippen LogP contribution in [0, 0.1) is 0 Å². The number of hydrogen-bond donors (Lipinski definition) is 2. The normalized spacial score (nSPS) is 12.4. The maximum Gasteiger partial charge on any atom is 0.263 e. The predicted octanol–water partition coefficient (Wildman–Crippen LogP) is 1.90. The van der Waals surface area contributed by atoms with Gasteiger partial charge in [-0.15, -0.1) is 5.10 Å². The van der Waals surface area contributed by atoms with Crippen LogP contribution in [-0.2, 0) is 15.4 Å². The van der Waals surface area contributed by atoms with E-state index in [1.165, 1.54) is 6.20 Å². The van der Waals surface area contributed by atoms with Crippen molar-refractivity contribution in [2.75, 3.05) is 4.72 Å². The highest BCUT2D eigenvalue weighted by Crippen LogP contribution is 2.23. The summed E-state index contributed by atoms with van der Waals surface area (Å²) in [7, 11) is -3.62. The van der Waals surface area contributed by atoms with Gasteiger partial charge in [0.15, 0.2) is 5.82 Å². The molecule has 0 atom stereocenters. The minimum Gasteiger partial charge on any atom is -0.261 e. The quantitative estimate of drug-likeness (QED) is 0.899. The fourth-order valence-electron chi connectivity index (χ4n) is 1.58. The lowest BCUT2D eigenvalue weighted by Gasteiger charge is -2.19. The average molecular weight is 280 g/mol. The Bertz CT molecular complexity index is 640. The number of aromatic amines is 1. The van der Waals surface area contributed by atoms with Crippen molar-refractivity contribution in [2.45, 2.75) is 31.1 Å². The van der Waals surface area contributed by atoms with E-state index in [2.05, 4.69) is 40.9 Å². The largest absolute Gasteiger partial charge is 0.263 e. The third-order valence-electron chi connectivity index (χ3n) is 2.68. The topological polar surface area (TPSA) is 87.7 Å². The summed E-state index contributed by atoms with van der Waals surface area (Å²) in [6.45, 7) is 6.22. The second-order valence-electron chi connectivity index (χ2n) is 5.24. The number of nitrogens with zero attached hydrogens (tertiary/aromatic N) is 2. The van der Waals surface area contributed by atoms with Crippen LogP contribution in [-0.4, -0.2) is 23.8 Å². The second kappa shape index (κ2) is 4.65. The molecular weight excluding hydrogens is 264 g/mol. The first-order valence-electron chi connectivity index (χ1n) is 5.78. The molecule has 19 heavy (non-hydrogen) atoms. The van der Waals surface area contributed by atoms with Crippen LogP contribution in [0.25, 0.3) is 0 Å². The smallest absolute Gasteiger partial charge is 0.261 e. The lowest BCUT2D eigenvalue weighted by molar-refractivity contribution is 0.587. The minimum atomic E-state index is -3.62.